The van der Waals surface area contributed by atoms with Crippen LogP contribution in [0.25, 0.3) is 11.0 Å². The van der Waals surface area contributed by atoms with Crippen LogP contribution < -0.4 is 5.32 Å². The maximum atomic E-state index is 13.4. The molecule has 1 N–H and O–H groups in total. The minimum atomic E-state index is -0.351. The fraction of sp³-hybridized carbons (Fsp3) is 0.296. The first-order valence-corrected chi connectivity index (χ1v) is 13.4. The Hall–Kier alpha value is -2.94. The van der Waals surface area contributed by atoms with Crippen LogP contribution in [0.4, 0.5) is 4.39 Å². The van der Waals surface area contributed by atoms with Gasteiger partial charge in [-0.2, -0.15) is 0 Å². The first kappa shape index (κ1) is 24.7. The number of thioether (sulfide) groups is 1. The summed E-state index contributed by atoms with van der Waals surface area (Å²) in [7, 11) is 0. The Bertz CT molecular complexity index is 1350. The number of aromatic nitrogens is 3. The Balaban J connectivity index is 1.27. The van der Waals surface area contributed by atoms with Crippen molar-refractivity contribution in [3.63, 3.8) is 0 Å². The second kappa shape index (κ2) is 11.4. The van der Waals surface area contributed by atoms with E-state index in [2.05, 4.69) is 19.8 Å². The lowest BCUT2D eigenvalue weighted by atomic mass is 10.1. The first-order valence-electron chi connectivity index (χ1n) is 12.0. The van der Waals surface area contributed by atoms with Gasteiger partial charge < -0.3 is 14.8 Å². The van der Waals surface area contributed by atoms with Crippen molar-refractivity contribution < 1.29 is 9.18 Å². The van der Waals surface area contributed by atoms with E-state index in [4.69, 9.17) is 16.6 Å². The molecule has 0 atom stereocenters. The van der Waals surface area contributed by atoms with E-state index < -0.39 is 0 Å². The van der Waals surface area contributed by atoms with Crippen LogP contribution in [0.5, 0.6) is 0 Å². The SMILES string of the molecule is O=C(NCCN1CCCC1)c1ccc(Cn2c(SCc3ccc(F)cc3Cl)nc3ccncc32)cc1. The molecular formula is C27H27ClFN5OS. The van der Waals surface area contributed by atoms with Crippen molar-refractivity contribution in [2.45, 2.75) is 30.3 Å². The van der Waals surface area contributed by atoms with E-state index in [0.717, 1.165) is 47.0 Å². The number of hydrogen-bond donors (Lipinski definition) is 1. The molecule has 1 aliphatic rings. The molecule has 9 heteroatoms. The summed E-state index contributed by atoms with van der Waals surface area (Å²) in [6.45, 7) is 4.39. The van der Waals surface area contributed by atoms with Gasteiger partial charge in [0.15, 0.2) is 5.16 Å². The van der Waals surface area contributed by atoms with Gasteiger partial charge in [-0.25, -0.2) is 9.37 Å². The Morgan fingerprint density at radius 3 is 2.69 bits per heavy atom. The molecule has 0 spiro atoms. The van der Waals surface area contributed by atoms with Crippen LogP contribution in [0.1, 0.15) is 34.3 Å². The number of amides is 1. The molecule has 0 bridgehead atoms. The van der Waals surface area contributed by atoms with E-state index in [0.29, 0.717) is 29.4 Å². The molecular weight excluding hydrogens is 497 g/mol. The highest BCUT2D eigenvalue weighted by molar-refractivity contribution is 7.98. The predicted molar refractivity (Wildman–Crippen MR) is 142 cm³/mol. The molecule has 0 saturated carbocycles. The summed E-state index contributed by atoms with van der Waals surface area (Å²) < 4.78 is 15.5. The number of imidazole rings is 1. The lowest BCUT2D eigenvalue weighted by Gasteiger charge is -2.14. The van der Waals surface area contributed by atoms with Crippen LogP contribution in [-0.4, -0.2) is 51.5 Å². The smallest absolute Gasteiger partial charge is 0.251 e. The van der Waals surface area contributed by atoms with Crippen LogP contribution in [0.15, 0.2) is 66.1 Å². The number of rotatable bonds is 9. The fourth-order valence-corrected chi connectivity index (χ4v) is 5.70. The quantitative estimate of drug-likeness (QED) is 0.298. The Morgan fingerprint density at radius 1 is 1.11 bits per heavy atom. The molecule has 1 fully saturated rings. The van der Waals surface area contributed by atoms with E-state index in [9.17, 15) is 9.18 Å². The van der Waals surface area contributed by atoms with Gasteiger partial charge in [0, 0.05) is 35.6 Å². The molecule has 0 unspecified atom stereocenters. The number of carbonyl (C=O) groups excluding carboxylic acids is 1. The van der Waals surface area contributed by atoms with Gasteiger partial charge in [-0.15, -0.1) is 0 Å². The summed E-state index contributed by atoms with van der Waals surface area (Å²) in [5, 5.41) is 4.25. The highest BCUT2D eigenvalue weighted by Gasteiger charge is 2.15. The van der Waals surface area contributed by atoms with Gasteiger partial charge >= 0.3 is 0 Å². The zero-order chi connectivity index (χ0) is 24.9. The van der Waals surface area contributed by atoms with E-state index in [1.54, 1.807) is 30.2 Å². The number of hydrogen-bond acceptors (Lipinski definition) is 5. The van der Waals surface area contributed by atoms with E-state index in [1.807, 2.05) is 30.3 Å². The number of likely N-dealkylation sites (tertiary alicyclic amines) is 1. The number of benzene rings is 2. The van der Waals surface area contributed by atoms with Gasteiger partial charge in [0.2, 0.25) is 0 Å². The maximum Gasteiger partial charge on any atom is 0.251 e. The number of nitrogens with zero attached hydrogens (tertiary/aromatic N) is 4. The summed E-state index contributed by atoms with van der Waals surface area (Å²) in [5.74, 6) is 0.160. The zero-order valence-corrected chi connectivity index (χ0v) is 21.4. The second-order valence-electron chi connectivity index (χ2n) is 8.87. The topological polar surface area (TPSA) is 63.1 Å². The highest BCUT2D eigenvalue weighted by atomic mass is 35.5. The van der Waals surface area contributed by atoms with Gasteiger partial charge in [0.25, 0.3) is 5.91 Å². The maximum absolute atomic E-state index is 13.4. The average molecular weight is 524 g/mol. The fourth-order valence-electron chi connectivity index (χ4n) is 4.37. The summed E-state index contributed by atoms with van der Waals surface area (Å²) in [6.07, 6.45) is 6.03. The predicted octanol–water partition coefficient (Wildman–Crippen LogP) is 5.39. The van der Waals surface area contributed by atoms with Gasteiger partial charge in [-0.05, 0) is 67.4 Å². The summed E-state index contributed by atoms with van der Waals surface area (Å²) in [5.41, 5.74) is 4.33. The number of carbonyl (C=O) groups is 1. The van der Waals surface area contributed by atoms with Crippen molar-refractivity contribution in [2.75, 3.05) is 26.2 Å². The van der Waals surface area contributed by atoms with Crippen LogP contribution in [0.3, 0.4) is 0 Å². The molecule has 1 amide bonds. The molecule has 1 saturated heterocycles. The van der Waals surface area contributed by atoms with Gasteiger partial charge in [0.05, 0.1) is 23.8 Å². The number of halogens is 2. The molecule has 186 valence electrons. The van der Waals surface area contributed by atoms with Crippen molar-refractivity contribution in [3.05, 3.63) is 88.5 Å². The van der Waals surface area contributed by atoms with E-state index >= 15 is 0 Å². The van der Waals surface area contributed by atoms with Crippen LogP contribution in [-0.2, 0) is 12.3 Å². The summed E-state index contributed by atoms with van der Waals surface area (Å²) in [4.78, 5) is 24.0. The number of pyridine rings is 1. The molecule has 0 aliphatic carbocycles. The van der Waals surface area contributed by atoms with E-state index in [-0.39, 0.29) is 11.7 Å². The Labute approximate surface area is 218 Å². The monoisotopic (exact) mass is 523 g/mol. The largest absolute Gasteiger partial charge is 0.351 e. The third-order valence-electron chi connectivity index (χ3n) is 6.36. The minimum absolute atomic E-state index is 0.0505. The standard InChI is InChI=1S/C27H27ClFN5OS/c28-23-15-22(29)8-7-21(23)18-36-27-32-24-9-10-30-16-25(24)34(27)17-19-3-5-20(6-4-19)26(35)31-11-14-33-12-1-2-13-33/h3-10,15-16H,1-2,11-14,17-18H2,(H,31,35). The lowest BCUT2D eigenvalue weighted by molar-refractivity contribution is 0.0949. The van der Waals surface area contributed by atoms with E-state index in [1.165, 1.54) is 25.0 Å². The summed E-state index contributed by atoms with van der Waals surface area (Å²) >= 11 is 7.77. The molecule has 1 aliphatic heterocycles. The molecule has 5 rings (SSSR count). The third-order valence-corrected chi connectivity index (χ3v) is 7.73. The van der Waals surface area contributed by atoms with Crippen molar-refractivity contribution in [1.29, 1.82) is 0 Å². The third kappa shape index (κ3) is 5.88. The Kier molecular flexibility index (Phi) is 7.84. The van der Waals surface area contributed by atoms with Crippen molar-refractivity contribution in [1.82, 2.24) is 24.8 Å². The number of fused-ring (bicyclic) bond motifs is 1. The van der Waals surface area contributed by atoms with Crippen molar-refractivity contribution in [3.8, 4) is 0 Å². The molecule has 0 radical (unpaired) electrons. The van der Waals surface area contributed by atoms with Gasteiger partial charge in [-0.1, -0.05) is 41.6 Å². The minimum Gasteiger partial charge on any atom is -0.351 e. The molecule has 6 nitrogen and oxygen atoms in total. The summed E-state index contributed by atoms with van der Waals surface area (Å²) in [6, 6.07) is 14.0. The highest BCUT2D eigenvalue weighted by Crippen LogP contribution is 2.30. The van der Waals surface area contributed by atoms with Crippen molar-refractivity contribution in [2.24, 2.45) is 0 Å². The van der Waals surface area contributed by atoms with Gasteiger partial charge in [-0.3, -0.25) is 9.78 Å². The first-order chi connectivity index (χ1) is 17.6. The van der Waals surface area contributed by atoms with Crippen LogP contribution in [0, 0.1) is 5.82 Å². The lowest BCUT2D eigenvalue weighted by Crippen LogP contribution is -2.33. The normalized spacial score (nSPS) is 13.9. The van der Waals surface area contributed by atoms with Gasteiger partial charge in [0.1, 0.15) is 5.82 Å². The van der Waals surface area contributed by atoms with Crippen LogP contribution in [0.2, 0.25) is 5.02 Å². The molecule has 36 heavy (non-hydrogen) atoms. The molecule has 3 heterocycles. The molecule has 4 aromatic rings. The zero-order valence-electron chi connectivity index (χ0n) is 19.8. The molecule has 2 aromatic heterocycles. The second-order valence-corrected chi connectivity index (χ2v) is 10.2. The van der Waals surface area contributed by atoms with Crippen LogP contribution >= 0.6 is 23.4 Å². The average Bonchev–Trinajstić information content (AvgIpc) is 3.52. The van der Waals surface area contributed by atoms with Crippen molar-refractivity contribution >= 4 is 40.3 Å². The number of nitrogens with one attached hydrogen (secondary N) is 1. The molecule has 2 aromatic carbocycles. The Morgan fingerprint density at radius 2 is 1.92 bits per heavy atom.